The molecule has 0 amide bonds. The van der Waals surface area contributed by atoms with Crippen molar-refractivity contribution in [1.82, 2.24) is 9.13 Å². The van der Waals surface area contributed by atoms with Crippen LogP contribution in [0.1, 0.15) is 50.0 Å². The zero-order valence-corrected chi connectivity index (χ0v) is 16.2. The third-order valence-electron chi connectivity index (χ3n) is 4.14. The first kappa shape index (κ1) is 20.4. The molecule has 6 heteroatoms. The van der Waals surface area contributed by atoms with E-state index in [0.29, 0.717) is 0 Å². The van der Waals surface area contributed by atoms with Crippen LogP contribution >= 0.6 is 0 Å². The predicted molar refractivity (Wildman–Crippen MR) is 105 cm³/mol. The molecule has 1 aromatic carbocycles. The van der Waals surface area contributed by atoms with E-state index in [1.54, 1.807) is 6.08 Å². The van der Waals surface area contributed by atoms with Crippen LogP contribution in [0, 0.1) is 5.92 Å². The zero-order chi connectivity index (χ0) is 20.1. The molecule has 1 heterocycles. The number of carbonyl (C=O) groups excluding carboxylic acids is 1. The minimum Gasteiger partial charge on any atom is -0.494 e. The van der Waals surface area contributed by atoms with Crippen molar-refractivity contribution in [3.05, 3.63) is 73.9 Å². The Labute approximate surface area is 158 Å². The molecule has 1 N–H and O–H groups in total. The number of hydrogen-bond acceptors (Lipinski definition) is 4. The van der Waals surface area contributed by atoms with Crippen LogP contribution in [-0.2, 0) is 13.1 Å². The number of ketones is 1. The molecule has 0 aliphatic carbocycles. The van der Waals surface area contributed by atoms with Crippen molar-refractivity contribution in [2.75, 3.05) is 0 Å². The molecular weight excluding hydrogens is 344 g/mol. The minimum absolute atomic E-state index is 0.0250. The van der Waals surface area contributed by atoms with Gasteiger partial charge in [-0.15, -0.1) is 0 Å². The fourth-order valence-corrected chi connectivity index (χ4v) is 2.75. The highest BCUT2D eigenvalue weighted by molar-refractivity contribution is 5.97. The smallest absolute Gasteiger partial charge is 0.334 e. The molecule has 0 unspecified atom stereocenters. The van der Waals surface area contributed by atoms with E-state index in [0.717, 1.165) is 20.3 Å². The summed E-state index contributed by atoms with van der Waals surface area (Å²) < 4.78 is 2.09. The first-order valence-electron chi connectivity index (χ1n) is 8.99. The SMILES string of the molecule is CC(C)=CCn1c(=O)c(C(=O)CC(C)C)c(O)n(Cc2ccccc2)c1=O. The second-order valence-corrected chi connectivity index (χ2v) is 7.27. The lowest BCUT2D eigenvalue weighted by Gasteiger charge is -2.15. The Bertz CT molecular complexity index is 962. The topological polar surface area (TPSA) is 81.3 Å². The lowest BCUT2D eigenvalue weighted by atomic mass is 10.0. The van der Waals surface area contributed by atoms with E-state index >= 15 is 0 Å². The molecule has 0 saturated carbocycles. The molecule has 0 fully saturated rings. The van der Waals surface area contributed by atoms with Gasteiger partial charge in [0, 0.05) is 13.0 Å². The molecule has 2 rings (SSSR count). The zero-order valence-electron chi connectivity index (χ0n) is 16.2. The number of aromatic nitrogens is 2. The third-order valence-corrected chi connectivity index (χ3v) is 4.14. The van der Waals surface area contributed by atoms with E-state index in [1.807, 2.05) is 58.0 Å². The molecule has 0 aliphatic heterocycles. The molecule has 0 radical (unpaired) electrons. The van der Waals surface area contributed by atoms with Crippen molar-refractivity contribution in [3.8, 4) is 5.88 Å². The van der Waals surface area contributed by atoms with Gasteiger partial charge in [0.1, 0.15) is 5.56 Å². The number of Topliss-reactive ketones (excluding diaryl/α,β-unsaturated/α-hetero) is 1. The maximum absolute atomic E-state index is 12.8. The van der Waals surface area contributed by atoms with E-state index in [1.165, 1.54) is 0 Å². The van der Waals surface area contributed by atoms with Gasteiger partial charge in [0.25, 0.3) is 5.56 Å². The van der Waals surface area contributed by atoms with Crippen LogP contribution < -0.4 is 11.2 Å². The van der Waals surface area contributed by atoms with Crippen LogP contribution in [0.15, 0.2) is 51.6 Å². The summed E-state index contributed by atoms with van der Waals surface area (Å²) in [4.78, 5) is 38.2. The van der Waals surface area contributed by atoms with Crippen molar-refractivity contribution < 1.29 is 9.90 Å². The molecule has 0 saturated heterocycles. The standard InChI is InChI=1S/C21H26N2O4/c1-14(2)10-11-22-19(25)18(17(24)12-15(3)4)20(26)23(21(22)27)13-16-8-6-5-7-9-16/h5-10,15,26H,11-13H2,1-4H3. The van der Waals surface area contributed by atoms with Crippen molar-refractivity contribution in [1.29, 1.82) is 0 Å². The maximum Gasteiger partial charge on any atom is 0.334 e. The van der Waals surface area contributed by atoms with Gasteiger partial charge in [0.2, 0.25) is 5.88 Å². The number of hydrogen-bond donors (Lipinski definition) is 1. The fourth-order valence-electron chi connectivity index (χ4n) is 2.75. The summed E-state index contributed by atoms with van der Waals surface area (Å²) in [7, 11) is 0. The van der Waals surface area contributed by atoms with Crippen LogP contribution in [0.3, 0.4) is 0 Å². The second kappa shape index (κ2) is 8.66. The molecule has 144 valence electrons. The largest absolute Gasteiger partial charge is 0.494 e. The molecule has 6 nitrogen and oxygen atoms in total. The molecular formula is C21H26N2O4. The lowest BCUT2D eigenvalue weighted by Crippen LogP contribution is -2.42. The van der Waals surface area contributed by atoms with Gasteiger partial charge in [-0.25, -0.2) is 4.79 Å². The Morgan fingerprint density at radius 2 is 1.74 bits per heavy atom. The second-order valence-electron chi connectivity index (χ2n) is 7.27. The Morgan fingerprint density at radius 1 is 1.11 bits per heavy atom. The summed E-state index contributed by atoms with van der Waals surface area (Å²) in [6.45, 7) is 7.56. The number of carbonyl (C=O) groups is 1. The Morgan fingerprint density at radius 3 is 2.30 bits per heavy atom. The Kier molecular flexibility index (Phi) is 6.55. The van der Waals surface area contributed by atoms with Crippen molar-refractivity contribution in [3.63, 3.8) is 0 Å². The van der Waals surface area contributed by atoms with E-state index in [9.17, 15) is 19.5 Å². The molecule has 0 spiro atoms. The van der Waals surface area contributed by atoms with Crippen LogP contribution in [0.25, 0.3) is 0 Å². The summed E-state index contributed by atoms with van der Waals surface area (Å²) in [6, 6.07) is 9.11. The minimum atomic E-state index is -0.745. The third kappa shape index (κ3) is 4.84. The first-order chi connectivity index (χ1) is 12.7. The lowest BCUT2D eigenvalue weighted by molar-refractivity contribution is 0.0960. The van der Waals surface area contributed by atoms with Crippen LogP contribution in [-0.4, -0.2) is 20.0 Å². The predicted octanol–water partition coefficient (Wildman–Crippen LogP) is 2.96. The first-order valence-corrected chi connectivity index (χ1v) is 8.99. The molecule has 2 aromatic rings. The van der Waals surface area contributed by atoms with Gasteiger partial charge in [-0.05, 0) is 25.3 Å². The molecule has 27 heavy (non-hydrogen) atoms. The molecule has 1 aromatic heterocycles. The highest BCUT2D eigenvalue weighted by Gasteiger charge is 2.24. The number of aromatic hydroxyl groups is 1. The average molecular weight is 370 g/mol. The summed E-state index contributed by atoms with van der Waals surface area (Å²) in [6.07, 6.45) is 1.86. The summed E-state index contributed by atoms with van der Waals surface area (Å²) in [5.41, 5.74) is 0.0231. The van der Waals surface area contributed by atoms with Gasteiger partial charge >= 0.3 is 5.69 Å². The van der Waals surface area contributed by atoms with Gasteiger partial charge in [-0.1, -0.05) is 55.8 Å². The highest BCUT2D eigenvalue weighted by Crippen LogP contribution is 2.17. The van der Waals surface area contributed by atoms with Crippen molar-refractivity contribution in [2.24, 2.45) is 5.92 Å². The fraction of sp³-hybridized carbons (Fsp3) is 0.381. The quantitative estimate of drug-likeness (QED) is 0.600. The maximum atomic E-state index is 12.8. The number of rotatable bonds is 7. The van der Waals surface area contributed by atoms with Crippen LogP contribution in [0.2, 0.25) is 0 Å². The van der Waals surface area contributed by atoms with E-state index in [-0.39, 0.29) is 31.0 Å². The van der Waals surface area contributed by atoms with Gasteiger partial charge < -0.3 is 5.11 Å². The molecule has 0 bridgehead atoms. The Hall–Kier alpha value is -2.89. The molecule has 0 atom stereocenters. The number of nitrogens with zero attached hydrogens (tertiary/aromatic N) is 2. The van der Waals surface area contributed by atoms with E-state index < -0.39 is 22.9 Å². The molecule has 0 aliphatic rings. The van der Waals surface area contributed by atoms with Crippen molar-refractivity contribution >= 4 is 5.78 Å². The van der Waals surface area contributed by atoms with Gasteiger partial charge in [0.05, 0.1) is 6.54 Å². The average Bonchev–Trinajstić information content (AvgIpc) is 2.58. The Balaban J connectivity index is 2.69. The van der Waals surface area contributed by atoms with E-state index in [2.05, 4.69) is 0 Å². The van der Waals surface area contributed by atoms with Crippen molar-refractivity contribution in [2.45, 2.75) is 47.2 Å². The number of benzene rings is 1. The van der Waals surface area contributed by atoms with E-state index in [4.69, 9.17) is 0 Å². The van der Waals surface area contributed by atoms with Gasteiger partial charge in [-0.3, -0.25) is 18.7 Å². The van der Waals surface area contributed by atoms with Gasteiger partial charge in [-0.2, -0.15) is 0 Å². The summed E-state index contributed by atoms with van der Waals surface area (Å²) in [5, 5.41) is 10.6. The number of allylic oxidation sites excluding steroid dienone is 2. The summed E-state index contributed by atoms with van der Waals surface area (Å²) in [5.74, 6) is -0.995. The summed E-state index contributed by atoms with van der Waals surface area (Å²) >= 11 is 0. The van der Waals surface area contributed by atoms with Gasteiger partial charge in [0.15, 0.2) is 5.78 Å². The van der Waals surface area contributed by atoms with Crippen LogP contribution in [0.5, 0.6) is 5.88 Å². The highest BCUT2D eigenvalue weighted by atomic mass is 16.3. The van der Waals surface area contributed by atoms with Crippen LogP contribution in [0.4, 0.5) is 0 Å². The monoisotopic (exact) mass is 370 g/mol. The normalized spacial score (nSPS) is 10.9.